The fraction of sp³-hybridized carbons (Fsp3) is 0.261. The Kier molecular flexibility index (Phi) is 6.71. The summed E-state index contributed by atoms with van der Waals surface area (Å²) in [6.07, 6.45) is 0. The number of primary amides is 1. The number of carbonyl (C=O) groups is 2. The third kappa shape index (κ3) is 5.75. The smallest absolute Gasteiger partial charge is 0.248 e. The number of thiazole rings is 1. The molecule has 0 spiro atoms. The molecular formula is C23H25N5O2S. The lowest BCUT2D eigenvalue weighted by atomic mass is 10.2. The van der Waals surface area contributed by atoms with Crippen LogP contribution in [0.3, 0.4) is 0 Å². The molecule has 1 aromatic heterocycles. The van der Waals surface area contributed by atoms with Crippen LogP contribution in [0.1, 0.15) is 15.4 Å². The molecular weight excluding hydrogens is 410 g/mol. The molecule has 1 saturated heterocycles. The topological polar surface area (TPSA) is 91.6 Å². The highest BCUT2D eigenvalue weighted by atomic mass is 32.1. The molecule has 31 heavy (non-hydrogen) atoms. The van der Waals surface area contributed by atoms with Gasteiger partial charge in [-0.15, -0.1) is 11.3 Å². The Labute approximate surface area is 185 Å². The molecule has 0 radical (unpaired) electrons. The highest BCUT2D eigenvalue weighted by molar-refractivity contribution is 7.09. The number of nitrogens with one attached hydrogen (secondary N) is 1. The summed E-state index contributed by atoms with van der Waals surface area (Å²) >= 11 is 1.69. The molecule has 1 fully saturated rings. The van der Waals surface area contributed by atoms with E-state index in [9.17, 15) is 9.59 Å². The minimum atomic E-state index is -0.482. The molecule has 1 aliphatic heterocycles. The van der Waals surface area contributed by atoms with Gasteiger partial charge in [0.1, 0.15) is 5.01 Å². The van der Waals surface area contributed by atoms with Crippen molar-refractivity contribution >= 4 is 28.8 Å². The zero-order chi connectivity index (χ0) is 21.6. The summed E-state index contributed by atoms with van der Waals surface area (Å²) in [7, 11) is 0. The maximum absolute atomic E-state index is 12.3. The Morgan fingerprint density at radius 3 is 2.32 bits per heavy atom. The second-order valence-electron chi connectivity index (χ2n) is 7.53. The summed E-state index contributed by atoms with van der Waals surface area (Å²) in [5, 5.41) is 6.10. The van der Waals surface area contributed by atoms with Crippen LogP contribution >= 0.6 is 11.3 Å². The molecule has 1 aliphatic rings. The number of hydrogen-bond donors (Lipinski definition) is 2. The largest absolute Gasteiger partial charge is 0.366 e. The molecule has 2 aromatic carbocycles. The molecule has 0 aliphatic carbocycles. The molecule has 3 N–H and O–H groups in total. The zero-order valence-electron chi connectivity index (χ0n) is 17.2. The van der Waals surface area contributed by atoms with Gasteiger partial charge in [0.15, 0.2) is 0 Å². The Hall–Kier alpha value is -3.07. The fourth-order valence-electron chi connectivity index (χ4n) is 3.54. The third-order valence-electron chi connectivity index (χ3n) is 5.27. The van der Waals surface area contributed by atoms with E-state index in [2.05, 4.69) is 32.6 Å². The molecule has 7 nitrogen and oxygen atoms in total. The van der Waals surface area contributed by atoms with Crippen LogP contribution in [0.15, 0.2) is 60.0 Å². The van der Waals surface area contributed by atoms with E-state index in [1.54, 1.807) is 35.6 Å². The number of piperazine rings is 1. The Balaban J connectivity index is 1.22. The molecule has 2 amide bonds. The first kappa shape index (κ1) is 21.2. The molecule has 0 unspecified atom stereocenters. The summed E-state index contributed by atoms with van der Waals surface area (Å²) in [5.41, 5.74) is 8.49. The maximum atomic E-state index is 12.3. The van der Waals surface area contributed by atoms with E-state index in [0.717, 1.165) is 49.0 Å². The van der Waals surface area contributed by atoms with Crippen LogP contribution in [-0.2, 0) is 11.3 Å². The van der Waals surface area contributed by atoms with Crippen molar-refractivity contribution < 1.29 is 9.59 Å². The number of anilines is 1. The average Bonchev–Trinajstić information content (AvgIpc) is 3.24. The molecule has 160 valence electrons. The van der Waals surface area contributed by atoms with Crippen molar-refractivity contribution in [2.24, 2.45) is 5.73 Å². The highest BCUT2D eigenvalue weighted by Crippen LogP contribution is 2.22. The van der Waals surface area contributed by atoms with Gasteiger partial charge in [0, 0.05) is 48.4 Å². The van der Waals surface area contributed by atoms with Crippen LogP contribution in [0.25, 0.3) is 11.3 Å². The van der Waals surface area contributed by atoms with Crippen LogP contribution in [0.4, 0.5) is 5.69 Å². The van der Waals surface area contributed by atoms with E-state index < -0.39 is 5.91 Å². The number of nitrogens with zero attached hydrogens (tertiary/aromatic N) is 3. The predicted molar refractivity (Wildman–Crippen MR) is 123 cm³/mol. The third-order valence-corrected chi connectivity index (χ3v) is 6.10. The summed E-state index contributed by atoms with van der Waals surface area (Å²) in [6.45, 7) is 4.67. The van der Waals surface area contributed by atoms with Crippen LogP contribution < -0.4 is 11.1 Å². The van der Waals surface area contributed by atoms with Gasteiger partial charge in [0.25, 0.3) is 0 Å². The lowest BCUT2D eigenvalue weighted by molar-refractivity contribution is -0.117. The van der Waals surface area contributed by atoms with E-state index in [-0.39, 0.29) is 5.91 Å². The van der Waals surface area contributed by atoms with Crippen molar-refractivity contribution in [2.45, 2.75) is 6.54 Å². The monoisotopic (exact) mass is 435 g/mol. The zero-order valence-corrected chi connectivity index (χ0v) is 18.0. The Morgan fingerprint density at radius 2 is 1.65 bits per heavy atom. The predicted octanol–water partition coefficient (Wildman–Crippen LogP) is 2.67. The standard InChI is InChI=1S/C23H25N5O2S/c24-23(30)18-6-8-19(9-7-18)25-21(29)14-27-10-12-28(13-11-27)15-22-26-20(16-31-22)17-4-2-1-3-5-17/h1-9,16H,10-15H2,(H2,24,30)(H,25,29). The lowest BCUT2D eigenvalue weighted by Crippen LogP contribution is -2.48. The van der Waals surface area contributed by atoms with Crippen molar-refractivity contribution in [3.05, 3.63) is 70.5 Å². The van der Waals surface area contributed by atoms with E-state index in [1.807, 2.05) is 18.2 Å². The van der Waals surface area contributed by atoms with Crippen molar-refractivity contribution in [1.29, 1.82) is 0 Å². The minimum absolute atomic E-state index is 0.0623. The first-order valence-electron chi connectivity index (χ1n) is 10.2. The molecule has 3 aromatic rings. The summed E-state index contributed by atoms with van der Waals surface area (Å²) < 4.78 is 0. The number of nitrogens with two attached hydrogens (primary N) is 1. The molecule has 8 heteroatoms. The SMILES string of the molecule is NC(=O)c1ccc(NC(=O)CN2CCN(Cc3nc(-c4ccccc4)cs3)CC2)cc1. The summed E-state index contributed by atoms with van der Waals surface area (Å²) in [4.78, 5) is 32.8. The minimum Gasteiger partial charge on any atom is -0.366 e. The molecule has 4 rings (SSSR count). The number of benzene rings is 2. The molecule has 2 heterocycles. The lowest BCUT2D eigenvalue weighted by Gasteiger charge is -2.33. The van der Waals surface area contributed by atoms with Crippen molar-refractivity contribution in [2.75, 3.05) is 38.0 Å². The number of carbonyl (C=O) groups excluding carboxylic acids is 2. The van der Waals surface area contributed by atoms with Gasteiger partial charge in [-0.3, -0.25) is 19.4 Å². The summed E-state index contributed by atoms with van der Waals surface area (Å²) in [5.74, 6) is -0.544. The van der Waals surface area contributed by atoms with Crippen LogP contribution in [-0.4, -0.2) is 59.3 Å². The molecule has 0 atom stereocenters. The van der Waals surface area contributed by atoms with Crippen molar-refractivity contribution in [1.82, 2.24) is 14.8 Å². The van der Waals surface area contributed by atoms with Gasteiger partial charge >= 0.3 is 0 Å². The first-order chi connectivity index (χ1) is 15.1. The number of aromatic nitrogens is 1. The van der Waals surface area contributed by atoms with E-state index in [1.165, 1.54) is 0 Å². The van der Waals surface area contributed by atoms with Crippen LogP contribution in [0, 0.1) is 0 Å². The number of rotatable bonds is 7. The normalized spacial score (nSPS) is 15.0. The van der Waals surface area contributed by atoms with Gasteiger partial charge in [-0.25, -0.2) is 4.98 Å². The maximum Gasteiger partial charge on any atom is 0.248 e. The average molecular weight is 436 g/mol. The van der Waals surface area contributed by atoms with E-state index in [0.29, 0.717) is 17.8 Å². The van der Waals surface area contributed by atoms with Gasteiger partial charge < -0.3 is 11.1 Å². The first-order valence-corrected chi connectivity index (χ1v) is 11.1. The van der Waals surface area contributed by atoms with Gasteiger partial charge in [-0.1, -0.05) is 30.3 Å². The van der Waals surface area contributed by atoms with Gasteiger partial charge in [0.05, 0.1) is 18.8 Å². The highest BCUT2D eigenvalue weighted by Gasteiger charge is 2.20. The van der Waals surface area contributed by atoms with Crippen molar-refractivity contribution in [3.8, 4) is 11.3 Å². The van der Waals surface area contributed by atoms with Crippen LogP contribution in [0.5, 0.6) is 0 Å². The Bertz CT molecular complexity index is 1030. The molecule has 0 bridgehead atoms. The van der Waals surface area contributed by atoms with Gasteiger partial charge in [-0.2, -0.15) is 0 Å². The number of amides is 2. The molecule has 0 saturated carbocycles. The summed E-state index contributed by atoms with van der Waals surface area (Å²) in [6, 6.07) is 16.8. The van der Waals surface area contributed by atoms with Crippen molar-refractivity contribution in [3.63, 3.8) is 0 Å². The Morgan fingerprint density at radius 1 is 0.968 bits per heavy atom. The van der Waals surface area contributed by atoms with Gasteiger partial charge in [-0.05, 0) is 24.3 Å². The second kappa shape index (κ2) is 9.82. The quantitative estimate of drug-likeness (QED) is 0.595. The number of hydrogen-bond acceptors (Lipinski definition) is 6. The fourth-order valence-corrected chi connectivity index (χ4v) is 4.39. The second-order valence-corrected chi connectivity index (χ2v) is 8.48. The van der Waals surface area contributed by atoms with E-state index in [4.69, 9.17) is 10.7 Å². The van der Waals surface area contributed by atoms with Crippen LogP contribution in [0.2, 0.25) is 0 Å². The van der Waals surface area contributed by atoms with E-state index >= 15 is 0 Å². The van der Waals surface area contributed by atoms with Gasteiger partial charge in [0.2, 0.25) is 11.8 Å².